The Labute approximate surface area is 122 Å². The molecular formula is C16H27NO3. The van der Waals surface area contributed by atoms with Crippen LogP contribution in [0.1, 0.15) is 26.3 Å². The van der Waals surface area contributed by atoms with Gasteiger partial charge in [0.25, 0.3) is 0 Å². The Morgan fingerprint density at radius 3 is 2.40 bits per heavy atom. The third-order valence-electron chi connectivity index (χ3n) is 2.91. The molecule has 0 atom stereocenters. The first kappa shape index (κ1) is 16.8. The number of nitrogens with one attached hydrogen (secondary N) is 1. The van der Waals surface area contributed by atoms with Crippen molar-refractivity contribution in [3.05, 3.63) is 23.8 Å². The van der Waals surface area contributed by atoms with Crippen molar-refractivity contribution in [2.75, 3.05) is 34.0 Å². The lowest BCUT2D eigenvalue weighted by molar-refractivity contribution is 0.133. The highest BCUT2D eigenvalue weighted by Gasteiger charge is 2.08. The molecule has 114 valence electrons. The fourth-order valence-electron chi connectivity index (χ4n) is 1.84. The highest BCUT2D eigenvalue weighted by molar-refractivity contribution is 5.40. The zero-order valence-corrected chi connectivity index (χ0v) is 13.3. The van der Waals surface area contributed by atoms with Gasteiger partial charge in [0.2, 0.25) is 0 Å². The van der Waals surface area contributed by atoms with E-state index >= 15 is 0 Å². The van der Waals surface area contributed by atoms with Crippen molar-refractivity contribution in [2.45, 2.75) is 32.7 Å². The number of hydrogen-bond acceptors (Lipinski definition) is 4. The predicted molar refractivity (Wildman–Crippen MR) is 81.8 cm³/mol. The van der Waals surface area contributed by atoms with Crippen LogP contribution in [0.5, 0.6) is 11.5 Å². The van der Waals surface area contributed by atoms with Crippen molar-refractivity contribution in [1.82, 2.24) is 5.32 Å². The summed E-state index contributed by atoms with van der Waals surface area (Å²) in [7, 11) is 3.33. The fraction of sp³-hybridized carbons (Fsp3) is 0.625. The Kier molecular flexibility index (Phi) is 6.82. The largest absolute Gasteiger partial charge is 0.497 e. The first-order valence-electron chi connectivity index (χ1n) is 7.00. The van der Waals surface area contributed by atoms with Gasteiger partial charge < -0.3 is 19.5 Å². The topological polar surface area (TPSA) is 39.7 Å². The molecule has 0 saturated heterocycles. The highest BCUT2D eigenvalue weighted by Crippen LogP contribution is 2.24. The molecule has 0 aliphatic rings. The maximum Gasteiger partial charge on any atom is 0.125 e. The number of rotatable bonds is 8. The van der Waals surface area contributed by atoms with Gasteiger partial charge in [-0.1, -0.05) is 6.07 Å². The van der Waals surface area contributed by atoms with Crippen molar-refractivity contribution in [3.8, 4) is 11.5 Å². The first-order valence-corrected chi connectivity index (χ1v) is 7.00. The normalized spacial score (nSPS) is 11.4. The van der Waals surface area contributed by atoms with Gasteiger partial charge in [0.05, 0.1) is 27.4 Å². The van der Waals surface area contributed by atoms with Crippen LogP contribution in [0.25, 0.3) is 0 Å². The minimum atomic E-state index is 0.141. The smallest absolute Gasteiger partial charge is 0.125 e. The van der Waals surface area contributed by atoms with Gasteiger partial charge in [-0.2, -0.15) is 0 Å². The molecule has 0 unspecified atom stereocenters. The number of ether oxygens (including phenoxy) is 3. The molecule has 1 aromatic rings. The van der Waals surface area contributed by atoms with Crippen molar-refractivity contribution >= 4 is 0 Å². The van der Waals surface area contributed by atoms with Crippen molar-refractivity contribution in [2.24, 2.45) is 0 Å². The summed E-state index contributed by atoms with van der Waals surface area (Å²) in [4.78, 5) is 0. The highest BCUT2D eigenvalue weighted by atomic mass is 16.5. The van der Waals surface area contributed by atoms with E-state index in [0.29, 0.717) is 6.61 Å². The van der Waals surface area contributed by atoms with Crippen LogP contribution in [0.3, 0.4) is 0 Å². The Morgan fingerprint density at radius 2 is 1.80 bits per heavy atom. The molecule has 0 radical (unpaired) electrons. The van der Waals surface area contributed by atoms with Crippen molar-refractivity contribution in [1.29, 1.82) is 0 Å². The summed E-state index contributed by atoms with van der Waals surface area (Å²) < 4.78 is 16.2. The third kappa shape index (κ3) is 6.26. The van der Waals surface area contributed by atoms with E-state index in [0.717, 1.165) is 36.6 Å². The molecule has 0 aromatic heterocycles. The van der Waals surface area contributed by atoms with Crippen LogP contribution < -0.4 is 14.8 Å². The predicted octanol–water partition coefficient (Wildman–Crippen LogP) is 2.65. The second-order valence-corrected chi connectivity index (χ2v) is 5.72. The van der Waals surface area contributed by atoms with E-state index < -0.39 is 0 Å². The zero-order valence-electron chi connectivity index (χ0n) is 13.3. The quantitative estimate of drug-likeness (QED) is 0.744. The average molecular weight is 281 g/mol. The van der Waals surface area contributed by atoms with Crippen LogP contribution in [-0.2, 0) is 11.2 Å². The lowest BCUT2D eigenvalue weighted by Gasteiger charge is -2.20. The van der Waals surface area contributed by atoms with Crippen LogP contribution in [0.15, 0.2) is 18.2 Å². The van der Waals surface area contributed by atoms with E-state index in [4.69, 9.17) is 14.2 Å². The molecular weight excluding hydrogens is 254 g/mol. The summed E-state index contributed by atoms with van der Waals surface area (Å²) in [5.74, 6) is 1.65. The van der Waals surface area contributed by atoms with Gasteiger partial charge in [0.15, 0.2) is 0 Å². The maximum absolute atomic E-state index is 5.64. The summed E-state index contributed by atoms with van der Waals surface area (Å²) in [5, 5.41) is 3.39. The van der Waals surface area contributed by atoms with Crippen molar-refractivity contribution in [3.63, 3.8) is 0 Å². The minimum Gasteiger partial charge on any atom is -0.497 e. The third-order valence-corrected chi connectivity index (χ3v) is 2.91. The summed E-state index contributed by atoms with van der Waals surface area (Å²) in [6.45, 7) is 8.72. The summed E-state index contributed by atoms with van der Waals surface area (Å²) >= 11 is 0. The maximum atomic E-state index is 5.64. The Bertz CT molecular complexity index is 399. The first-order chi connectivity index (χ1) is 9.46. The van der Waals surface area contributed by atoms with E-state index in [9.17, 15) is 0 Å². The molecule has 0 bridgehead atoms. The van der Waals surface area contributed by atoms with Gasteiger partial charge in [-0.15, -0.1) is 0 Å². The van der Waals surface area contributed by atoms with Crippen LogP contribution in [0, 0.1) is 0 Å². The molecule has 4 heteroatoms. The molecule has 0 saturated carbocycles. The number of methoxy groups -OCH3 is 2. The molecule has 1 rings (SSSR count). The Morgan fingerprint density at radius 1 is 1.05 bits per heavy atom. The molecule has 0 fully saturated rings. The van der Waals surface area contributed by atoms with Crippen LogP contribution in [0.4, 0.5) is 0 Å². The molecule has 1 N–H and O–H groups in total. The molecule has 0 spiro atoms. The van der Waals surface area contributed by atoms with Crippen LogP contribution >= 0.6 is 0 Å². The Balaban J connectivity index is 2.31. The molecule has 1 aromatic carbocycles. The lowest BCUT2D eigenvalue weighted by Crippen LogP contribution is -2.38. The molecule has 0 amide bonds. The van der Waals surface area contributed by atoms with Gasteiger partial charge in [-0.05, 0) is 38.8 Å². The number of benzene rings is 1. The van der Waals surface area contributed by atoms with E-state index in [1.54, 1.807) is 14.2 Å². The minimum absolute atomic E-state index is 0.141. The van der Waals surface area contributed by atoms with E-state index in [1.807, 2.05) is 18.2 Å². The van der Waals surface area contributed by atoms with Gasteiger partial charge in [0, 0.05) is 18.2 Å². The SMILES string of the molecule is COc1ccc(CCOCCNC(C)(C)C)c(OC)c1. The van der Waals surface area contributed by atoms with Crippen molar-refractivity contribution < 1.29 is 14.2 Å². The number of hydrogen-bond donors (Lipinski definition) is 1. The zero-order chi connectivity index (χ0) is 15.0. The monoisotopic (exact) mass is 281 g/mol. The van der Waals surface area contributed by atoms with Gasteiger partial charge in [-0.25, -0.2) is 0 Å². The van der Waals surface area contributed by atoms with Crippen LogP contribution in [-0.4, -0.2) is 39.5 Å². The lowest BCUT2D eigenvalue weighted by atomic mass is 10.1. The van der Waals surface area contributed by atoms with E-state index in [1.165, 1.54) is 0 Å². The Hall–Kier alpha value is -1.26. The second-order valence-electron chi connectivity index (χ2n) is 5.72. The van der Waals surface area contributed by atoms with E-state index in [-0.39, 0.29) is 5.54 Å². The summed E-state index contributed by atoms with van der Waals surface area (Å²) in [5.41, 5.74) is 1.28. The molecule has 20 heavy (non-hydrogen) atoms. The van der Waals surface area contributed by atoms with Gasteiger partial charge in [0.1, 0.15) is 11.5 Å². The second kappa shape index (κ2) is 8.12. The molecule has 0 aliphatic carbocycles. The molecule has 0 heterocycles. The summed E-state index contributed by atoms with van der Waals surface area (Å²) in [6.07, 6.45) is 0.836. The fourth-order valence-corrected chi connectivity index (χ4v) is 1.84. The molecule has 0 aliphatic heterocycles. The average Bonchev–Trinajstić information content (AvgIpc) is 2.41. The van der Waals surface area contributed by atoms with Gasteiger partial charge >= 0.3 is 0 Å². The van der Waals surface area contributed by atoms with Gasteiger partial charge in [-0.3, -0.25) is 0 Å². The standard InChI is InChI=1S/C16H27NO3/c1-16(2,3)17-9-11-20-10-8-13-6-7-14(18-4)12-15(13)19-5/h6-7,12,17H,8-11H2,1-5H3. The van der Waals surface area contributed by atoms with E-state index in [2.05, 4.69) is 26.1 Å². The molecule has 4 nitrogen and oxygen atoms in total. The summed E-state index contributed by atoms with van der Waals surface area (Å²) in [6, 6.07) is 5.87. The van der Waals surface area contributed by atoms with Crippen LogP contribution in [0.2, 0.25) is 0 Å².